The SMILES string of the molecule is CCN(CC)S(=O)(=O)c1cc(Cl)ccc1OCC(=O)Nc1ccccc1Br. The summed E-state index contributed by atoms with van der Waals surface area (Å²) < 4.78 is 33.2. The lowest BCUT2D eigenvalue weighted by molar-refractivity contribution is -0.118. The van der Waals surface area contributed by atoms with E-state index in [9.17, 15) is 13.2 Å². The van der Waals surface area contributed by atoms with Crippen LogP contribution in [0, 0.1) is 0 Å². The van der Waals surface area contributed by atoms with E-state index in [4.69, 9.17) is 16.3 Å². The summed E-state index contributed by atoms with van der Waals surface area (Å²) in [4.78, 5) is 12.1. The van der Waals surface area contributed by atoms with Gasteiger partial charge in [-0.05, 0) is 46.3 Å². The lowest BCUT2D eigenvalue weighted by atomic mass is 10.3. The topological polar surface area (TPSA) is 75.7 Å². The third-order valence-electron chi connectivity index (χ3n) is 3.74. The van der Waals surface area contributed by atoms with Gasteiger partial charge in [0.2, 0.25) is 10.0 Å². The highest BCUT2D eigenvalue weighted by Gasteiger charge is 2.26. The molecule has 0 aromatic heterocycles. The maximum absolute atomic E-state index is 12.8. The molecule has 0 aliphatic carbocycles. The Morgan fingerprint density at radius 3 is 2.48 bits per heavy atom. The van der Waals surface area contributed by atoms with E-state index in [2.05, 4.69) is 21.2 Å². The molecule has 27 heavy (non-hydrogen) atoms. The summed E-state index contributed by atoms with van der Waals surface area (Å²) in [7, 11) is -3.78. The number of nitrogens with zero attached hydrogens (tertiary/aromatic N) is 1. The van der Waals surface area contributed by atoms with E-state index in [1.807, 2.05) is 6.07 Å². The van der Waals surface area contributed by atoms with Gasteiger partial charge >= 0.3 is 0 Å². The van der Waals surface area contributed by atoms with Gasteiger partial charge in [-0.25, -0.2) is 8.42 Å². The first-order chi connectivity index (χ1) is 12.8. The molecule has 0 atom stereocenters. The number of para-hydroxylation sites is 1. The quantitative estimate of drug-likeness (QED) is 0.622. The van der Waals surface area contributed by atoms with Crippen molar-refractivity contribution in [1.82, 2.24) is 4.31 Å². The van der Waals surface area contributed by atoms with Crippen LogP contribution >= 0.6 is 27.5 Å². The molecular formula is C18H20BrClN2O4S. The van der Waals surface area contributed by atoms with E-state index < -0.39 is 15.9 Å². The summed E-state index contributed by atoms with van der Waals surface area (Å²) >= 11 is 9.32. The second-order valence-electron chi connectivity index (χ2n) is 5.50. The van der Waals surface area contributed by atoms with Gasteiger partial charge in [0.25, 0.3) is 5.91 Å². The Kier molecular flexibility index (Phi) is 7.67. The Morgan fingerprint density at radius 1 is 1.19 bits per heavy atom. The van der Waals surface area contributed by atoms with Crippen LogP contribution in [0.3, 0.4) is 0 Å². The van der Waals surface area contributed by atoms with Crippen molar-refractivity contribution in [2.24, 2.45) is 0 Å². The maximum Gasteiger partial charge on any atom is 0.262 e. The van der Waals surface area contributed by atoms with Gasteiger partial charge in [0, 0.05) is 22.6 Å². The van der Waals surface area contributed by atoms with Gasteiger partial charge in [0.05, 0.1) is 5.69 Å². The number of carbonyl (C=O) groups excluding carboxylic acids is 1. The molecule has 0 saturated heterocycles. The van der Waals surface area contributed by atoms with Gasteiger partial charge in [0.1, 0.15) is 10.6 Å². The van der Waals surface area contributed by atoms with Crippen molar-refractivity contribution in [2.75, 3.05) is 25.0 Å². The number of anilines is 1. The number of halogens is 2. The largest absolute Gasteiger partial charge is 0.482 e. The van der Waals surface area contributed by atoms with Gasteiger partial charge in [-0.1, -0.05) is 37.6 Å². The molecule has 0 aliphatic rings. The Bertz CT molecular complexity index is 917. The van der Waals surface area contributed by atoms with Crippen LogP contribution in [0.1, 0.15) is 13.8 Å². The molecule has 0 unspecified atom stereocenters. The van der Waals surface area contributed by atoms with Crippen molar-refractivity contribution in [3.05, 3.63) is 52.0 Å². The molecule has 0 saturated carbocycles. The van der Waals surface area contributed by atoms with Crippen LogP contribution in [0.2, 0.25) is 5.02 Å². The first kappa shape index (κ1) is 21.7. The molecular weight excluding hydrogens is 456 g/mol. The molecule has 2 rings (SSSR count). The third kappa shape index (κ3) is 5.44. The average Bonchev–Trinajstić information content (AvgIpc) is 2.63. The molecule has 2 aromatic carbocycles. The zero-order valence-electron chi connectivity index (χ0n) is 14.9. The van der Waals surface area contributed by atoms with Crippen molar-refractivity contribution in [3.63, 3.8) is 0 Å². The van der Waals surface area contributed by atoms with Gasteiger partial charge in [0.15, 0.2) is 6.61 Å². The Hall–Kier alpha value is -1.61. The Morgan fingerprint density at radius 2 is 1.85 bits per heavy atom. The van der Waals surface area contributed by atoms with Gasteiger partial charge in [-0.3, -0.25) is 4.79 Å². The highest BCUT2D eigenvalue weighted by atomic mass is 79.9. The van der Waals surface area contributed by atoms with E-state index in [0.717, 1.165) is 4.47 Å². The van der Waals surface area contributed by atoms with Gasteiger partial charge < -0.3 is 10.1 Å². The summed E-state index contributed by atoms with van der Waals surface area (Å²) in [5.41, 5.74) is 0.596. The van der Waals surface area contributed by atoms with E-state index in [-0.39, 0.29) is 22.3 Å². The molecule has 9 heteroatoms. The monoisotopic (exact) mass is 474 g/mol. The van der Waals surface area contributed by atoms with E-state index in [1.54, 1.807) is 32.0 Å². The number of benzene rings is 2. The van der Waals surface area contributed by atoms with E-state index in [1.165, 1.54) is 22.5 Å². The summed E-state index contributed by atoms with van der Waals surface area (Å²) in [5, 5.41) is 2.97. The lowest BCUT2D eigenvalue weighted by Gasteiger charge is -2.20. The van der Waals surface area contributed by atoms with Crippen LogP contribution in [0.15, 0.2) is 51.8 Å². The molecule has 1 N–H and O–H groups in total. The maximum atomic E-state index is 12.8. The van der Waals surface area contributed by atoms with Crippen molar-refractivity contribution in [2.45, 2.75) is 18.7 Å². The average molecular weight is 476 g/mol. The Balaban J connectivity index is 2.20. The van der Waals surface area contributed by atoms with Crippen LogP contribution in [0.4, 0.5) is 5.69 Å². The smallest absolute Gasteiger partial charge is 0.262 e. The summed E-state index contributed by atoms with van der Waals surface area (Å²) in [6.07, 6.45) is 0. The number of rotatable bonds is 8. The van der Waals surface area contributed by atoms with Crippen LogP contribution in [-0.4, -0.2) is 38.3 Å². The lowest BCUT2D eigenvalue weighted by Crippen LogP contribution is -2.31. The van der Waals surface area contributed by atoms with Crippen LogP contribution in [0.5, 0.6) is 5.75 Å². The predicted molar refractivity (Wildman–Crippen MR) is 110 cm³/mol. The van der Waals surface area contributed by atoms with Gasteiger partial charge in [-0.15, -0.1) is 0 Å². The molecule has 0 heterocycles. The number of amides is 1. The standard InChI is InChI=1S/C18H20BrClN2O4S/c1-3-22(4-2)27(24,25)17-11-13(20)9-10-16(17)26-12-18(23)21-15-8-6-5-7-14(15)19/h5-11H,3-4,12H2,1-2H3,(H,21,23). The first-order valence-corrected chi connectivity index (χ1v) is 10.9. The zero-order chi connectivity index (χ0) is 20.0. The van der Waals surface area contributed by atoms with Crippen molar-refractivity contribution in [1.29, 1.82) is 0 Å². The fourth-order valence-corrected chi connectivity index (χ4v) is 4.63. The molecule has 0 aliphatic heterocycles. The van der Waals surface area contributed by atoms with Crippen molar-refractivity contribution < 1.29 is 17.9 Å². The molecule has 1 amide bonds. The first-order valence-electron chi connectivity index (χ1n) is 8.26. The minimum atomic E-state index is -3.78. The predicted octanol–water partition coefficient (Wildman–Crippen LogP) is 4.15. The van der Waals surface area contributed by atoms with Crippen molar-refractivity contribution >= 4 is 49.1 Å². The number of hydrogen-bond donors (Lipinski definition) is 1. The number of sulfonamides is 1. The highest BCUT2D eigenvalue weighted by molar-refractivity contribution is 9.10. The van der Waals surface area contributed by atoms with Crippen LogP contribution in [0.25, 0.3) is 0 Å². The molecule has 0 radical (unpaired) electrons. The second kappa shape index (κ2) is 9.54. The summed E-state index contributed by atoms with van der Waals surface area (Å²) in [6, 6.07) is 11.4. The normalized spacial score (nSPS) is 11.4. The molecule has 0 bridgehead atoms. The van der Waals surface area contributed by atoms with Gasteiger partial charge in [-0.2, -0.15) is 4.31 Å². The number of hydrogen-bond acceptors (Lipinski definition) is 4. The number of nitrogens with one attached hydrogen (secondary N) is 1. The minimum absolute atomic E-state index is 0.0626. The molecule has 146 valence electrons. The number of carbonyl (C=O) groups is 1. The fraction of sp³-hybridized carbons (Fsp3) is 0.278. The Labute approximate surface area is 172 Å². The molecule has 6 nitrogen and oxygen atoms in total. The molecule has 0 fully saturated rings. The molecule has 2 aromatic rings. The van der Waals surface area contributed by atoms with Crippen molar-refractivity contribution in [3.8, 4) is 5.75 Å². The van der Waals surface area contributed by atoms with E-state index >= 15 is 0 Å². The van der Waals surface area contributed by atoms with Crippen LogP contribution in [-0.2, 0) is 14.8 Å². The summed E-state index contributed by atoms with van der Waals surface area (Å²) in [5.74, 6) is -0.336. The third-order valence-corrected chi connectivity index (χ3v) is 6.73. The molecule has 0 spiro atoms. The van der Waals surface area contributed by atoms with E-state index in [0.29, 0.717) is 18.8 Å². The minimum Gasteiger partial charge on any atom is -0.482 e. The fourth-order valence-electron chi connectivity index (χ4n) is 2.40. The highest BCUT2D eigenvalue weighted by Crippen LogP contribution is 2.30. The number of ether oxygens (including phenoxy) is 1. The van der Waals surface area contributed by atoms with Crippen LogP contribution < -0.4 is 10.1 Å². The zero-order valence-corrected chi connectivity index (χ0v) is 18.1. The summed E-state index contributed by atoms with van der Waals surface area (Å²) in [6.45, 7) is 3.78. The second-order valence-corrected chi connectivity index (χ2v) is 8.69.